The number of nitrogens with one attached hydrogen (secondary N) is 1. The van der Waals surface area contributed by atoms with Crippen LogP contribution >= 0.6 is 0 Å². The third-order valence-corrected chi connectivity index (χ3v) is 3.56. The van der Waals surface area contributed by atoms with Crippen molar-refractivity contribution in [3.05, 3.63) is 36.0 Å². The largest absolute Gasteiger partial charge is 0.396 e. The Hall–Kier alpha value is -1.32. The Morgan fingerprint density at radius 3 is 2.94 bits per heavy atom. The van der Waals surface area contributed by atoms with Gasteiger partial charge in [0, 0.05) is 37.5 Å². The average Bonchev–Trinajstić information content (AvgIpc) is 3.14. The molecule has 2 N–H and O–H groups in total. The zero-order valence-corrected chi connectivity index (χ0v) is 10.6. The molecule has 1 fully saturated rings. The molecule has 18 heavy (non-hydrogen) atoms. The van der Waals surface area contributed by atoms with Gasteiger partial charge in [-0.3, -0.25) is 0 Å². The van der Waals surface area contributed by atoms with E-state index in [2.05, 4.69) is 40.3 Å². The minimum atomic E-state index is 0.253. The van der Waals surface area contributed by atoms with E-state index in [1.807, 2.05) is 0 Å². The zero-order chi connectivity index (χ0) is 12.4. The number of fused-ring (bicyclic) bond motifs is 1. The molecule has 1 aromatic carbocycles. The number of aliphatic hydroxyl groups is 1. The van der Waals surface area contributed by atoms with Crippen LogP contribution in [0.2, 0.25) is 0 Å². The smallest absolute Gasteiger partial charge is 0.0480 e. The molecule has 3 heteroatoms. The van der Waals surface area contributed by atoms with Crippen molar-refractivity contribution in [2.75, 3.05) is 6.61 Å². The highest BCUT2D eigenvalue weighted by Gasteiger charge is 2.19. The summed E-state index contributed by atoms with van der Waals surface area (Å²) < 4.78 is 2.21. The Bertz CT molecular complexity index is 528. The van der Waals surface area contributed by atoms with E-state index < -0.39 is 0 Å². The van der Waals surface area contributed by atoms with Gasteiger partial charge >= 0.3 is 0 Å². The summed E-state index contributed by atoms with van der Waals surface area (Å²) >= 11 is 0. The number of hydrogen-bond acceptors (Lipinski definition) is 2. The highest BCUT2D eigenvalue weighted by Crippen LogP contribution is 2.21. The summed E-state index contributed by atoms with van der Waals surface area (Å²) in [6, 6.07) is 9.58. The summed E-state index contributed by atoms with van der Waals surface area (Å²) in [5.74, 6) is 0. The monoisotopic (exact) mass is 244 g/mol. The first-order valence-electron chi connectivity index (χ1n) is 6.79. The van der Waals surface area contributed by atoms with Crippen LogP contribution in [0, 0.1) is 0 Å². The van der Waals surface area contributed by atoms with Gasteiger partial charge in [-0.2, -0.15) is 0 Å². The van der Waals surface area contributed by atoms with Gasteiger partial charge in [0.25, 0.3) is 0 Å². The van der Waals surface area contributed by atoms with E-state index in [1.165, 1.54) is 29.3 Å². The fourth-order valence-electron chi connectivity index (χ4n) is 2.35. The van der Waals surface area contributed by atoms with Gasteiger partial charge in [-0.05, 0) is 48.4 Å². The van der Waals surface area contributed by atoms with Crippen LogP contribution in [0.15, 0.2) is 30.5 Å². The maximum absolute atomic E-state index is 8.89. The van der Waals surface area contributed by atoms with E-state index in [1.54, 1.807) is 0 Å². The van der Waals surface area contributed by atoms with Gasteiger partial charge in [0.2, 0.25) is 0 Å². The van der Waals surface area contributed by atoms with Crippen LogP contribution in [0.4, 0.5) is 0 Å². The number of nitrogens with zero attached hydrogens (tertiary/aromatic N) is 1. The highest BCUT2D eigenvalue weighted by molar-refractivity contribution is 5.80. The van der Waals surface area contributed by atoms with Crippen LogP contribution in [0.3, 0.4) is 0 Å². The van der Waals surface area contributed by atoms with E-state index in [0.717, 1.165) is 25.6 Å². The molecule has 0 amide bonds. The number of benzene rings is 1. The molecule has 2 aromatic rings. The van der Waals surface area contributed by atoms with Crippen molar-refractivity contribution in [2.24, 2.45) is 0 Å². The van der Waals surface area contributed by atoms with Crippen molar-refractivity contribution in [1.82, 2.24) is 9.88 Å². The molecule has 1 aliphatic carbocycles. The fraction of sp³-hybridized carbons (Fsp3) is 0.467. The van der Waals surface area contributed by atoms with E-state index in [9.17, 15) is 0 Å². The maximum Gasteiger partial charge on any atom is 0.0480 e. The first-order valence-corrected chi connectivity index (χ1v) is 6.79. The van der Waals surface area contributed by atoms with Gasteiger partial charge in [0.1, 0.15) is 0 Å². The Balaban J connectivity index is 1.75. The summed E-state index contributed by atoms with van der Waals surface area (Å²) in [6.07, 6.45) is 5.59. The normalized spacial score (nSPS) is 15.4. The molecule has 0 atom stereocenters. The van der Waals surface area contributed by atoms with Crippen molar-refractivity contribution in [2.45, 2.75) is 38.4 Å². The van der Waals surface area contributed by atoms with Crippen LogP contribution in [0.1, 0.15) is 24.8 Å². The fourth-order valence-corrected chi connectivity index (χ4v) is 2.35. The zero-order valence-electron chi connectivity index (χ0n) is 10.6. The molecule has 0 spiro atoms. The second-order valence-corrected chi connectivity index (χ2v) is 5.13. The Labute approximate surface area is 107 Å². The minimum absolute atomic E-state index is 0.253. The van der Waals surface area contributed by atoms with Crippen LogP contribution in [0.5, 0.6) is 0 Å². The van der Waals surface area contributed by atoms with Gasteiger partial charge in [0.05, 0.1) is 0 Å². The van der Waals surface area contributed by atoms with Crippen molar-refractivity contribution in [3.63, 3.8) is 0 Å². The molecule has 3 rings (SSSR count). The van der Waals surface area contributed by atoms with Crippen molar-refractivity contribution in [1.29, 1.82) is 0 Å². The molecule has 0 bridgehead atoms. The molecule has 1 saturated carbocycles. The second-order valence-electron chi connectivity index (χ2n) is 5.13. The quantitative estimate of drug-likeness (QED) is 0.818. The summed E-state index contributed by atoms with van der Waals surface area (Å²) in [6.45, 7) is 2.12. The minimum Gasteiger partial charge on any atom is -0.396 e. The molecule has 1 heterocycles. The second kappa shape index (κ2) is 5.12. The first-order chi connectivity index (χ1) is 8.86. The highest BCUT2D eigenvalue weighted by atomic mass is 16.3. The number of aryl methyl sites for hydroxylation is 1. The summed E-state index contributed by atoms with van der Waals surface area (Å²) in [5.41, 5.74) is 2.62. The lowest BCUT2D eigenvalue weighted by atomic mass is 10.1. The predicted octanol–water partition coefficient (Wildman–Crippen LogP) is 2.28. The lowest BCUT2D eigenvalue weighted by Gasteiger charge is -2.06. The number of aliphatic hydroxyl groups excluding tert-OH is 1. The molecule has 0 unspecified atom stereocenters. The Morgan fingerprint density at radius 2 is 2.17 bits per heavy atom. The van der Waals surface area contributed by atoms with E-state index in [-0.39, 0.29) is 6.61 Å². The molecule has 0 radical (unpaired) electrons. The standard InChI is InChI=1S/C15H20N2O/c18-9-1-7-17-8-6-13-10-12(2-5-15(13)17)11-16-14-3-4-14/h2,5-6,8,10,14,16,18H,1,3-4,7,9,11H2. The van der Waals surface area contributed by atoms with Gasteiger partial charge in [0.15, 0.2) is 0 Å². The molecule has 1 aromatic heterocycles. The summed E-state index contributed by atoms with van der Waals surface area (Å²) in [4.78, 5) is 0. The van der Waals surface area contributed by atoms with Gasteiger partial charge in [-0.15, -0.1) is 0 Å². The topological polar surface area (TPSA) is 37.2 Å². The number of aromatic nitrogens is 1. The van der Waals surface area contributed by atoms with Gasteiger partial charge < -0.3 is 15.0 Å². The first kappa shape index (κ1) is 11.8. The average molecular weight is 244 g/mol. The lowest BCUT2D eigenvalue weighted by molar-refractivity contribution is 0.280. The molecule has 96 valence electrons. The van der Waals surface area contributed by atoms with Crippen molar-refractivity contribution >= 4 is 10.9 Å². The van der Waals surface area contributed by atoms with Crippen LogP contribution < -0.4 is 5.32 Å². The molecular weight excluding hydrogens is 224 g/mol. The van der Waals surface area contributed by atoms with Crippen molar-refractivity contribution in [3.8, 4) is 0 Å². The molecule has 0 saturated heterocycles. The predicted molar refractivity (Wildman–Crippen MR) is 73.5 cm³/mol. The van der Waals surface area contributed by atoms with E-state index in [4.69, 9.17) is 5.11 Å². The Morgan fingerprint density at radius 1 is 1.28 bits per heavy atom. The summed E-state index contributed by atoms with van der Waals surface area (Å²) in [5, 5.41) is 13.7. The molecule has 0 aliphatic heterocycles. The van der Waals surface area contributed by atoms with E-state index in [0.29, 0.717) is 0 Å². The third kappa shape index (κ3) is 2.57. The van der Waals surface area contributed by atoms with Crippen LogP contribution in [-0.4, -0.2) is 22.3 Å². The Kier molecular flexibility index (Phi) is 3.35. The van der Waals surface area contributed by atoms with Gasteiger partial charge in [-0.1, -0.05) is 6.07 Å². The summed E-state index contributed by atoms with van der Waals surface area (Å²) in [7, 11) is 0. The number of rotatable bonds is 6. The van der Waals surface area contributed by atoms with Crippen molar-refractivity contribution < 1.29 is 5.11 Å². The lowest BCUT2D eigenvalue weighted by Crippen LogP contribution is -2.15. The SMILES string of the molecule is OCCCn1ccc2cc(CNC3CC3)ccc21. The van der Waals surface area contributed by atoms with Gasteiger partial charge in [-0.25, -0.2) is 0 Å². The van der Waals surface area contributed by atoms with Crippen LogP contribution in [0.25, 0.3) is 10.9 Å². The van der Waals surface area contributed by atoms with E-state index >= 15 is 0 Å². The number of hydrogen-bond donors (Lipinski definition) is 2. The molecular formula is C15H20N2O. The molecule has 3 nitrogen and oxygen atoms in total. The maximum atomic E-state index is 8.89. The van der Waals surface area contributed by atoms with Crippen LogP contribution in [-0.2, 0) is 13.1 Å². The third-order valence-electron chi connectivity index (χ3n) is 3.56. The molecule has 1 aliphatic rings.